The van der Waals surface area contributed by atoms with Crippen molar-refractivity contribution >= 4 is 30.8 Å². The summed E-state index contributed by atoms with van der Waals surface area (Å²) in [7, 11) is 2.10. The van der Waals surface area contributed by atoms with Crippen LogP contribution < -0.4 is 5.73 Å². The number of rotatable bonds is 4. The molecular formula is C15H24Cl2N2O2. The van der Waals surface area contributed by atoms with E-state index in [9.17, 15) is 4.79 Å². The van der Waals surface area contributed by atoms with Gasteiger partial charge in [-0.1, -0.05) is 30.3 Å². The van der Waals surface area contributed by atoms with Crippen LogP contribution in [0, 0.1) is 5.92 Å². The van der Waals surface area contributed by atoms with Crippen molar-refractivity contribution in [2.24, 2.45) is 11.7 Å². The molecule has 0 aliphatic carbocycles. The zero-order chi connectivity index (χ0) is 13.7. The molecule has 1 aliphatic heterocycles. The predicted octanol–water partition coefficient (Wildman–Crippen LogP) is 2.42. The monoisotopic (exact) mass is 334 g/mol. The molecule has 0 amide bonds. The highest BCUT2D eigenvalue weighted by atomic mass is 35.5. The average Bonchev–Trinajstić information content (AvgIpc) is 2.45. The van der Waals surface area contributed by atoms with Crippen LogP contribution in [-0.2, 0) is 9.53 Å². The Kier molecular flexibility index (Phi) is 9.62. The van der Waals surface area contributed by atoms with E-state index in [2.05, 4.69) is 11.9 Å². The van der Waals surface area contributed by atoms with E-state index in [1.165, 1.54) is 6.42 Å². The van der Waals surface area contributed by atoms with Crippen LogP contribution in [0.25, 0.3) is 0 Å². The van der Waals surface area contributed by atoms with Crippen LogP contribution >= 0.6 is 24.8 Å². The third-order valence-electron chi connectivity index (χ3n) is 3.60. The van der Waals surface area contributed by atoms with Crippen molar-refractivity contribution < 1.29 is 9.53 Å². The van der Waals surface area contributed by atoms with Crippen LogP contribution in [0.3, 0.4) is 0 Å². The van der Waals surface area contributed by atoms with Crippen molar-refractivity contribution in [3.63, 3.8) is 0 Å². The second kappa shape index (κ2) is 10.0. The van der Waals surface area contributed by atoms with E-state index in [0.29, 0.717) is 12.5 Å². The molecule has 1 fully saturated rings. The maximum absolute atomic E-state index is 11.9. The lowest BCUT2D eigenvalue weighted by Crippen LogP contribution is -2.35. The first-order valence-electron chi connectivity index (χ1n) is 6.82. The van der Waals surface area contributed by atoms with E-state index < -0.39 is 6.04 Å². The molecule has 1 heterocycles. The van der Waals surface area contributed by atoms with Gasteiger partial charge in [0.2, 0.25) is 0 Å². The topological polar surface area (TPSA) is 55.6 Å². The van der Waals surface area contributed by atoms with Crippen molar-refractivity contribution in [1.82, 2.24) is 4.90 Å². The summed E-state index contributed by atoms with van der Waals surface area (Å²) in [5, 5.41) is 0. The summed E-state index contributed by atoms with van der Waals surface area (Å²) in [5.41, 5.74) is 6.70. The largest absolute Gasteiger partial charge is 0.464 e. The number of likely N-dealkylation sites (tertiary alicyclic amines) is 1. The van der Waals surface area contributed by atoms with Crippen LogP contribution in [0.5, 0.6) is 0 Å². The van der Waals surface area contributed by atoms with Crippen molar-refractivity contribution in [2.75, 3.05) is 26.7 Å². The quantitative estimate of drug-likeness (QED) is 0.859. The standard InChI is InChI=1S/C15H22N2O2.2ClH/c1-17-9-5-6-12(10-17)11-19-15(18)14(16)13-7-3-2-4-8-13;;/h2-4,7-8,12,14H,5-6,9-11,16H2,1H3;2*1H/t12-,14?;;/m1../s1. The first-order valence-corrected chi connectivity index (χ1v) is 6.82. The second-order valence-corrected chi connectivity index (χ2v) is 5.29. The highest BCUT2D eigenvalue weighted by Crippen LogP contribution is 2.17. The number of halogens is 2. The van der Waals surface area contributed by atoms with Gasteiger partial charge in [-0.3, -0.25) is 0 Å². The predicted molar refractivity (Wildman–Crippen MR) is 89.0 cm³/mol. The molecule has 6 heteroatoms. The Bertz CT molecular complexity index is 417. The van der Waals surface area contributed by atoms with Gasteiger partial charge < -0.3 is 15.4 Å². The van der Waals surface area contributed by atoms with Crippen molar-refractivity contribution in [2.45, 2.75) is 18.9 Å². The van der Waals surface area contributed by atoms with Gasteiger partial charge in [-0.2, -0.15) is 0 Å². The summed E-state index contributed by atoms with van der Waals surface area (Å²) in [6.07, 6.45) is 2.29. The van der Waals surface area contributed by atoms with Gasteiger partial charge in [-0.15, -0.1) is 24.8 Å². The molecule has 2 rings (SSSR count). The summed E-state index contributed by atoms with van der Waals surface area (Å²) in [6.45, 7) is 2.60. The number of hydrogen-bond donors (Lipinski definition) is 1. The Balaban J connectivity index is 0.00000200. The van der Waals surface area contributed by atoms with Gasteiger partial charge in [-0.05, 0) is 32.0 Å². The second-order valence-electron chi connectivity index (χ2n) is 5.29. The highest BCUT2D eigenvalue weighted by Gasteiger charge is 2.21. The Morgan fingerprint density at radius 1 is 1.38 bits per heavy atom. The minimum absolute atomic E-state index is 0. The molecule has 0 radical (unpaired) electrons. The number of piperidine rings is 1. The van der Waals surface area contributed by atoms with Gasteiger partial charge in [0.15, 0.2) is 0 Å². The van der Waals surface area contributed by atoms with Crippen molar-refractivity contribution in [3.8, 4) is 0 Å². The fraction of sp³-hybridized carbons (Fsp3) is 0.533. The zero-order valence-corrected chi connectivity index (χ0v) is 13.9. The number of benzene rings is 1. The number of nitrogens with zero attached hydrogens (tertiary/aromatic N) is 1. The van der Waals surface area contributed by atoms with Crippen LogP contribution in [0.15, 0.2) is 30.3 Å². The summed E-state index contributed by atoms with van der Waals surface area (Å²) in [4.78, 5) is 14.2. The molecule has 120 valence electrons. The number of ether oxygens (including phenoxy) is 1. The first-order chi connectivity index (χ1) is 9.16. The van der Waals surface area contributed by atoms with Gasteiger partial charge in [-0.25, -0.2) is 4.79 Å². The molecule has 1 aromatic carbocycles. The molecule has 0 aromatic heterocycles. The van der Waals surface area contributed by atoms with E-state index >= 15 is 0 Å². The smallest absolute Gasteiger partial charge is 0.327 e. The minimum Gasteiger partial charge on any atom is -0.464 e. The van der Waals surface area contributed by atoms with E-state index in [1.807, 2.05) is 30.3 Å². The van der Waals surface area contributed by atoms with E-state index in [4.69, 9.17) is 10.5 Å². The molecule has 1 aromatic rings. The lowest BCUT2D eigenvalue weighted by molar-refractivity contribution is -0.147. The number of nitrogens with two attached hydrogens (primary N) is 1. The summed E-state index contributed by atoms with van der Waals surface area (Å²) in [6, 6.07) is 8.67. The highest BCUT2D eigenvalue weighted by molar-refractivity contribution is 5.85. The number of esters is 1. The SMILES string of the molecule is CN1CCC[C@@H](COC(=O)C(N)c2ccccc2)C1.Cl.Cl. The Morgan fingerprint density at radius 2 is 2.05 bits per heavy atom. The summed E-state index contributed by atoms with van der Waals surface area (Å²) in [5.74, 6) is 0.102. The molecule has 4 nitrogen and oxygen atoms in total. The van der Waals surface area contributed by atoms with E-state index in [0.717, 1.165) is 25.1 Å². The molecule has 2 N–H and O–H groups in total. The van der Waals surface area contributed by atoms with Crippen LogP contribution in [0.2, 0.25) is 0 Å². The van der Waals surface area contributed by atoms with Gasteiger partial charge in [0.1, 0.15) is 6.04 Å². The summed E-state index contributed by atoms with van der Waals surface area (Å²) < 4.78 is 5.36. The molecule has 1 saturated heterocycles. The number of hydrogen-bond acceptors (Lipinski definition) is 4. The first kappa shape index (κ1) is 20.2. The van der Waals surface area contributed by atoms with Crippen molar-refractivity contribution in [1.29, 1.82) is 0 Å². The van der Waals surface area contributed by atoms with Gasteiger partial charge >= 0.3 is 5.97 Å². The zero-order valence-electron chi connectivity index (χ0n) is 12.2. The van der Waals surface area contributed by atoms with Gasteiger partial charge in [0.25, 0.3) is 0 Å². The number of carbonyl (C=O) groups is 1. The molecule has 1 unspecified atom stereocenters. The average molecular weight is 335 g/mol. The number of carbonyl (C=O) groups excluding carboxylic acids is 1. The van der Waals surface area contributed by atoms with Crippen LogP contribution in [0.4, 0.5) is 0 Å². The Labute approximate surface area is 138 Å². The van der Waals surface area contributed by atoms with Crippen LogP contribution in [0.1, 0.15) is 24.4 Å². The third-order valence-corrected chi connectivity index (χ3v) is 3.60. The van der Waals surface area contributed by atoms with E-state index in [1.54, 1.807) is 0 Å². The third kappa shape index (κ3) is 6.22. The summed E-state index contributed by atoms with van der Waals surface area (Å²) >= 11 is 0. The minimum atomic E-state index is -0.678. The lowest BCUT2D eigenvalue weighted by atomic mass is 9.99. The molecule has 0 saturated carbocycles. The Hall–Kier alpha value is -0.810. The molecule has 2 atom stereocenters. The van der Waals surface area contributed by atoms with Gasteiger partial charge in [0, 0.05) is 12.5 Å². The molecule has 21 heavy (non-hydrogen) atoms. The molecule has 0 bridgehead atoms. The lowest BCUT2D eigenvalue weighted by Gasteiger charge is -2.29. The van der Waals surface area contributed by atoms with Gasteiger partial charge in [0.05, 0.1) is 6.61 Å². The molecule has 0 spiro atoms. The molecule has 1 aliphatic rings. The van der Waals surface area contributed by atoms with Crippen molar-refractivity contribution in [3.05, 3.63) is 35.9 Å². The Morgan fingerprint density at radius 3 is 2.67 bits per heavy atom. The maximum atomic E-state index is 11.9. The fourth-order valence-corrected chi connectivity index (χ4v) is 2.50. The normalized spacial score (nSPS) is 19.8. The van der Waals surface area contributed by atoms with E-state index in [-0.39, 0.29) is 30.8 Å². The fourth-order valence-electron chi connectivity index (χ4n) is 2.50. The maximum Gasteiger partial charge on any atom is 0.327 e. The van der Waals surface area contributed by atoms with Crippen LogP contribution in [-0.4, -0.2) is 37.6 Å². The molecular weight excluding hydrogens is 311 g/mol.